The number of benzene rings is 2. The van der Waals surface area contributed by atoms with Gasteiger partial charge in [-0.2, -0.15) is 0 Å². The predicted molar refractivity (Wildman–Crippen MR) is 110 cm³/mol. The molecule has 0 aromatic heterocycles. The van der Waals surface area contributed by atoms with Gasteiger partial charge in [0.25, 0.3) is 0 Å². The fourth-order valence-corrected chi connectivity index (χ4v) is 4.43. The second-order valence-corrected chi connectivity index (χ2v) is 8.20. The molecule has 0 saturated carbocycles. The van der Waals surface area contributed by atoms with Gasteiger partial charge in [0.05, 0.1) is 11.5 Å². The third kappa shape index (κ3) is 4.55. The maximum atomic E-state index is 13.8. The van der Waals surface area contributed by atoms with Gasteiger partial charge in [0.15, 0.2) is 11.6 Å². The number of nitrogens with one attached hydrogen (secondary N) is 1. The van der Waals surface area contributed by atoms with E-state index >= 15 is 0 Å². The number of amides is 1. The van der Waals surface area contributed by atoms with E-state index in [1.807, 2.05) is 24.3 Å². The minimum Gasteiger partial charge on any atom is -0.381 e. The second kappa shape index (κ2) is 9.23. The van der Waals surface area contributed by atoms with E-state index in [1.165, 1.54) is 6.07 Å². The Balaban J connectivity index is 1.59. The highest BCUT2D eigenvalue weighted by Crippen LogP contribution is 2.38. The number of carbonyl (C=O) groups excluding carboxylic acids is 1. The zero-order valence-electron chi connectivity index (χ0n) is 17.0. The summed E-state index contributed by atoms with van der Waals surface area (Å²) in [4.78, 5) is 13.3. The second-order valence-electron chi connectivity index (χ2n) is 8.20. The summed E-state index contributed by atoms with van der Waals surface area (Å²) in [5, 5.41) is 3.10. The first kappa shape index (κ1) is 20.9. The standard InChI is InChI=1S/C24H27F2NO3/c25-21-8-7-17(14-22(21)26)20-6-2-1-4-18(20)15-24(9-12-29-13-10-24)23(28)27-16-19-5-3-11-30-19/h1-2,4,6-8,14,19H,3,5,9-13,15-16H2,(H,27,28). The Labute approximate surface area is 175 Å². The first-order chi connectivity index (χ1) is 14.6. The van der Waals surface area contributed by atoms with E-state index in [9.17, 15) is 13.6 Å². The summed E-state index contributed by atoms with van der Waals surface area (Å²) in [6.07, 6.45) is 3.84. The van der Waals surface area contributed by atoms with Crippen molar-refractivity contribution in [1.82, 2.24) is 5.32 Å². The number of halogens is 2. The molecule has 0 spiro atoms. The lowest BCUT2D eigenvalue weighted by atomic mass is 9.73. The van der Waals surface area contributed by atoms with Crippen molar-refractivity contribution >= 4 is 5.91 Å². The Morgan fingerprint density at radius 3 is 2.60 bits per heavy atom. The van der Waals surface area contributed by atoms with Crippen molar-refractivity contribution in [3.8, 4) is 11.1 Å². The summed E-state index contributed by atoms with van der Waals surface area (Å²) >= 11 is 0. The summed E-state index contributed by atoms with van der Waals surface area (Å²) in [5.74, 6) is -1.73. The van der Waals surface area contributed by atoms with Gasteiger partial charge >= 0.3 is 0 Å². The lowest BCUT2D eigenvalue weighted by molar-refractivity contribution is -0.137. The van der Waals surface area contributed by atoms with E-state index < -0.39 is 17.0 Å². The van der Waals surface area contributed by atoms with Gasteiger partial charge in [-0.1, -0.05) is 30.3 Å². The Bertz CT molecular complexity index is 890. The first-order valence-corrected chi connectivity index (χ1v) is 10.6. The topological polar surface area (TPSA) is 47.6 Å². The number of carbonyl (C=O) groups is 1. The molecule has 30 heavy (non-hydrogen) atoms. The first-order valence-electron chi connectivity index (χ1n) is 10.6. The summed E-state index contributed by atoms with van der Waals surface area (Å²) in [6, 6.07) is 11.6. The Morgan fingerprint density at radius 2 is 1.87 bits per heavy atom. The van der Waals surface area contributed by atoms with E-state index in [-0.39, 0.29) is 12.0 Å². The molecule has 2 aromatic rings. The number of hydrogen-bond donors (Lipinski definition) is 1. The van der Waals surface area contributed by atoms with Crippen molar-refractivity contribution in [2.45, 2.75) is 38.2 Å². The molecule has 2 fully saturated rings. The molecule has 1 unspecified atom stereocenters. The van der Waals surface area contributed by atoms with Crippen LogP contribution in [0.1, 0.15) is 31.2 Å². The molecule has 4 rings (SSSR count). The monoisotopic (exact) mass is 415 g/mol. The minimum absolute atomic E-state index is 0.0152. The smallest absolute Gasteiger partial charge is 0.226 e. The van der Waals surface area contributed by atoms with Crippen LogP contribution in [0.4, 0.5) is 8.78 Å². The fraction of sp³-hybridized carbons (Fsp3) is 0.458. The molecule has 6 heteroatoms. The Kier molecular flexibility index (Phi) is 6.44. The van der Waals surface area contributed by atoms with Crippen LogP contribution < -0.4 is 5.32 Å². The normalized spacial score (nSPS) is 20.8. The molecule has 2 aliphatic rings. The van der Waals surface area contributed by atoms with Crippen LogP contribution >= 0.6 is 0 Å². The molecule has 1 atom stereocenters. The third-order valence-electron chi connectivity index (χ3n) is 6.22. The maximum absolute atomic E-state index is 13.8. The van der Waals surface area contributed by atoms with Gasteiger partial charge in [-0.05, 0) is 60.9 Å². The molecule has 2 aromatic carbocycles. The van der Waals surface area contributed by atoms with E-state index in [4.69, 9.17) is 9.47 Å². The SMILES string of the molecule is O=C(NCC1CCCO1)C1(Cc2ccccc2-c2ccc(F)c(F)c2)CCOCC1. The summed E-state index contributed by atoms with van der Waals surface area (Å²) in [7, 11) is 0. The maximum Gasteiger partial charge on any atom is 0.226 e. The van der Waals surface area contributed by atoms with Crippen LogP contribution in [0, 0.1) is 17.0 Å². The van der Waals surface area contributed by atoms with Crippen LogP contribution in [0.25, 0.3) is 11.1 Å². The zero-order valence-corrected chi connectivity index (χ0v) is 17.0. The Hall–Kier alpha value is -2.31. The molecular formula is C24H27F2NO3. The average molecular weight is 415 g/mol. The quantitative estimate of drug-likeness (QED) is 0.767. The fourth-order valence-electron chi connectivity index (χ4n) is 4.43. The van der Waals surface area contributed by atoms with Gasteiger partial charge in [0.1, 0.15) is 0 Å². The summed E-state index contributed by atoms with van der Waals surface area (Å²) < 4.78 is 38.4. The van der Waals surface area contributed by atoms with Gasteiger partial charge in [-0.15, -0.1) is 0 Å². The highest BCUT2D eigenvalue weighted by atomic mass is 19.2. The number of rotatable bonds is 6. The zero-order chi connectivity index (χ0) is 21.0. The van der Waals surface area contributed by atoms with Crippen molar-refractivity contribution in [3.05, 3.63) is 59.7 Å². The van der Waals surface area contributed by atoms with Crippen LogP contribution in [0.2, 0.25) is 0 Å². The van der Waals surface area contributed by atoms with E-state index in [2.05, 4.69) is 5.32 Å². The molecular weight excluding hydrogens is 388 g/mol. The molecule has 2 saturated heterocycles. The molecule has 0 aliphatic carbocycles. The molecule has 0 bridgehead atoms. The van der Waals surface area contributed by atoms with Crippen molar-refractivity contribution in [3.63, 3.8) is 0 Å². The van der Waals surface area contributed by atoms with E-state index in [0.717, 1.165) is 36.6 Å². The van der Waals surface area contributed by atoms with Crippen LogP contribution in [0.5, 0.6) is 0 Å². The van der Waals surface area contributed by atoms with Crippen molar-refractivity contribution < 1.29 is 23.0 Å². The van der Waals surface area contributed by atoms with Gasteiger partial charge in [-0.3, -0.25) is 4.79 Å². The van der Waals surface area contributed by atoms with Gasteiger partial charge < -0.3 is 14.8 Å². The van der Waals surface area contributed by atoms with E-state index in [0.29, 0.717) is 44.6 Å². The van der Waals surface area contributed by atoms with Gasteiger partial charge in [0.2, 0.25) is 5.91 Å². The Morgan fingerprint density at radius 1 is 1.07 bits per heavy atom. The predicted octanol–water partition coefficient (Wildman–Crippen LogP) is 4.27. The van der Waals surface area contributed by atoms with Crippen molar-refractivity contribution in [2.24, 2.45) is 5.41 Å². The summed E-state index contributed by atoms with van der Waals surface area (Å²) in [5.41, 5.74) is 1.77. The van der Waals surface area contributed by atoms with Crippen molar-refractivity contribution in [1.29, 1.82) is 0 Å². The average Bonchev–Trinajstić information content (AvgIpc) is 3.29. The lowest BCUT2D eigenvalue weighted by Crippen LogP contribution is -2.48. The van der Waals surface area contributed by atoms with Crippen molar-refractivity contribution in [2.75, 3.05) is 26.4 Å². The molecule has 1 amide bonds. The highest BCUT2D eigenvalue weighted by Gasteiger charge is 2.40. The summed E-state index contributed by atoms with van der Waals surface area (Å²) in [6.45, 7) is 2.33. The van der Waals surface area contributed by atoms with Gasteiger partial charge in [0, 0.05) is 26.4 Å². The third-order valence-corrected chi connectivity index (χ3v) is 6.22. The number of ether oxygens (including phenoxy) is 2. The van der Waals surface area contributed by atoms with Crippen LogP contribution in [0.3, 0.4) is 0 Å². The van der Waals surface area contributed by atoms with Gasteiger partial charge in [-0.25, -0.2) is 8.78 Å². The largest absolute Gasteiger partial charge is 0.381 e. The van der Waals surface area contributed by atoms with Crippen LogP contribution in [-0.2, 0) is 20.7 Å². The molecule has 2 heterocycles. The molecule has 4 nitrogen and oxygen atoms in total. The number of hydrogen-bond acceptors (Lipinski definition) is 3. The molecule has 1 N–H and O–H groups in total. The molecule has 0 radical (unpaired) electrons. The minimum atomic E-state index is -0.877. The van der Waals surface area contributed by atoms with Crippen LogP contribution in [-0.4, -0.2) is 38.4 Å². The molecule has 2 aliphatic heterocycles. The molecule has 160 valence electrons. The van der Waals surface area contributed by atoms with Crippen LogP contribution in [0.15, 0.2) is 42.5 Å². The van der Waals surface area contributed by atoms with E-state index in [1.54, 1.807) is 6.07 Å². The highest BCUT2D eigenvalue weighted by molar-refractivity contribution is 5.83. The lowest BCUT2D eigenvalue weighted by Gasteiger charge is -2.36.